The van der Waals surface area contributed by atoms with Gasteiger partial charge in [-0.2, -0.15) is 4.72 Å². The highest BCUT2D eigenvalue weighted by atomic mass is 32.2. The third-order valence-corrected chi connectivity index (χ3v) is 4.66. The molecule has 0 atom stereocenters. The molecule has 2 rings (SSSR count). The van der Waals surface area contributed by atoms with Crippen molar-refractivity contribution in [3.8, 4) is 12.3 Å². The summed E-state index contributed by atoms with van der Waals surface area (Å²) in [5, 5.41) is 9.15. The van der Waals surface area contributed by atoms with Gasteiger partial charge in [-0.3, -0.25) is 4.79 Å². The van der Waals surface area contributed by atoms with E-state index in [1.54, 1.807) is 12.1 Å². The third-order valence-electron chi connectivity index (χ3n) is 3.24. The lowest BCUT2D eigenvalue weighted by molar-refractivity contribution is -0.140. The molecule has 6 heteroatoms. The van der Waals surface area contributed by atoms with E-state index in [0.717, 1.165) is 0 Å². The molecule has 0 saturated heterocycles. The van der Waals surface area contributed by atoms with Gasteiger partial charge in [0.25, 0.3) is 0 Å². The van der Waals surface area contributed by atoms with Crippen LogP contribution in [0.2, 0.25) is 0 Å². The summed E-state index contributed by atoms with van der Waals surface area (Å²) in [7, 11) is -3.62. The van der Waals surface area contributed by atoms with Gasteiger partial charge in [-0.05, 0) is 30.5 Å². The molecule has 1 saturated carbocycles. The van der Waals surface area contributed by atoms with Gasteiger partial charge in [0.05, 0.1) is 16.9 Å². The summed E-state index contributed by atoms with van der Waals surface area (Å²) < 4.78 is 25.8. The van der Waals surface area contributed by atoms with Crippen LogP contribution in [0.1, 0.15) is 18.4 Å². The number of hydrogen-bond donors (Lipinski definition) is 2. The average molecular weight is 279 g/mol. The summed E-state index contributed by atoms with van der Waals surface area (Å²) in [4.78, 5) is 11.2. The largest absolute Gasteiger partial charge is 0.481 e. The maximum Gasteiger partial charge on any atom is 0.314 e. The number of carboxylic acids is 1. The van der Waals surface area contributed by atoms with Crippen molar-refractivity contribution in [2.24, 2.45) is 0 Å². The highest BCUT2D eigenvalue weighted by Crippen LogP contribution is 2.48. The number of sulfonamides is 1. The monoisotopic (exact) mass is 279 g/mol. The molecule has 0 unspecified atom stereocenters. The van der Waals surface area contributed by atoms with E-state index in [9.17, 15) is 13.2 Å². The number of terminal acetylenes is 1. The zero-order valence-corrected chi connectivity index (χ0v) is 10.9. The quantitative estimate of drug-likeness (QED) is 0.778. The molecule has 0 spiro atoms. The van der Waals surface area contributed by atoms with E-state index in [1.807, 2.05) is 0 Å². The summed E-state index contributed by atoms with van der Waals surface area (Å²) in [5.41, 5.74) is -0.190. The normalized spacial score (nSPS) is 16.6. The minimum absolute atomic E-state index is 0.0766. The molecule has 100 valence electrons. The van der Waals surface area contributed by atoms with Crippen molar-refractivity contribution in [3.05, 3.63) is 29.8 Å². The zero-order valence-electron chi connectivity index (χ0n) is 10.1. The molecule has 19 heavy (non-hydrogen) atoms. The van der Waals surface area contributed by atoms with Crippen LogP contribution in [0.5, 0.6) is 0 Å². The molecule has 0 bridgehead atoms. The van der Waals surface area contributed by atoms with Gasteiger partial charge in [-0.1, -0.05) is 18.1 Å². The second-order valence-corrected chi connectivity index (χ2v) is 6.21. The van der Waals surface area contributed by atoms with Gasteiger partial charge < -0.3 is 5.11 Å². The lowest BCUT2D eigenvalue weighted by Gasteiger charge is -2.11. The van der Waals surface area contributed by atoms with Crippen molar-refractivity contribution in [3.63, 3.8) is 0 Å². The van der Waals surface area contributed by atoms with Gasteiger partial charge in [-0.15, -0.1) is 6.42 Å². The van der Waals surface area contributed by atoms with E-state index in [-0.39, 0.29) is 11.4 Å². The first-order valence-corrected chi connectivity index (χ1v) is 7.18. The van der Waals surface area contributed by atoms with Crippen LogP contribution in [0.25, 0.3) is 0 Å². The van der Waals surface area contributed by atoms with E-state index in [2.05, 4.69) is 10.6 Å². The summed E-state index contributed by atoms with van der Waals surface area (Å²) in [6, 6.07) is 5.89. The standard InChI is InChI=1S/C13H13NO4S/c1-2-9-14-19(17,18)11-5-3-10(4-6-11)13(7-8-13)12(15)16/h1,3-6,14H,7-9H2,(H,15,16). The molecular formula is C13H13NO4S. The smallest absolute Gasteiger partial charge is 0.314 e. The third kappa shape index (κ3) is 2.48. The molecule has 0 radical (unpaired) electrons. The molecule has 0 heterocycles. The first-order chi connectivity index (χ1) is 8.92. The molecule has 0 amide bonds. The van der Waals surface area contributed by atoms with Crippen LogP contribution in [0.15, 0.2) is 29.2 Å². The van der Waals surface area contributed by atoms with Gasteiger partial charge in [0.15, 0.2) is 0 Å². The molecule has 1 aliphatic carbocycles. The molecule has 1 aromatic rings. The summed E-state index contributed by atoms with van der Waals surface area (Å²) in [6.45, 7) is -0.0802. The second-order valence-electron chi connectivity index (χ2n) is 4.44. The summed E-state index contributed by atoms with van der Waals surface area (Å²) in [6.07, 6.45) is 6.17. The van der Waals surface area contributed by atoms with Crippen LogP contribution in [0.3, 0.4) is 0 Å². The van der Waals surface area contributed by atoms with Crippen LogP contribution >= 0.6 is 0 Å². The zero-order chi connectivity index (χ0) is 14.1. The van der Waals surface area contributed by atoms with Crippen molar-refractivity contribution < 1.29 is 18.3 Å². The van der Waals surface area contributed by atoms with Gasteiger partial charge in [0.1, 0.15) is 0 Å². The van der Waals surface area contributed by atoms with Crippen molar-refractivity contribution in [2.45, 2.75) is 23.2 Å². The Bertz CT molecular complexity index is 636. The lowest BCUT2D eigenvalue weighted by Crippen LogP contribution is -2.24. The maximum absolute atomic E-state index is 11.8. The van der Waals surface area contributed by atoms with E-state index in [1.165, 1.54) is 12.1 Å². The number of carbonyl (C=O) groups is 1. The van der Waals surface area contributed by atoms with Crippen LogP contribution in [-0.4, -0.2) is 26.0 Å². The van der Waals surface area contributed by atoms with Crippen molar-refractivity contribution >= 4 is 16.0 Å². The molecule has 0 aliphatic heterocycles. The Hall–Kier alpha value is -1.84. The first kappa shape index (κ1) is 13.6. The van der Waals surface area contributed by atoms with E-state index in [0.29, 0.717) is 18.4 Å². The van der Waals surface area contributed by atoms with E-state index < -0.39 is 21.4 Å². The Morgan fingerprint density at radius 1 is 1.37 bits per heavy atom. The van der Waals surface area contributed by atoms with Gasteiger partial charge >= 0.3 is 5.97 Å². The molecule has 1 fully saturated rings. The predicted molar refractivity (Wildman–Crippen MR) is 69.0 cm³/mol. The maximum atomic E-state index is 11.8. The number of rotatable bonds is 5. The summed E-state index contributed by atoms with van der Waals surface area (Å²) >= 11 is 0. The molecule has 5 nitrogen and oxygen atoms in total. The van der Waals surface area contributed by atoms with Crippen LogP contribution in [-0.2, 0) is 20.2 Å². The Kier molecular flexibility index (Phi) is 3.35. The Morgan fingerprint density at radius 3 is 2.37 bits per heavy atom. The Labute approximate surface area is 111 Å². The van der Waals surface area contributed by atoms with Gasteiger partial charge in [0, 0.05) is 0 Å². The fourth-order valence-corrected chi connectivity index (χ4v) is 2.86. The van der Waals surface area contributed by atoms with Gasteiger partial charge in [-0.25, -0.2) is 8.42 Å². The predicted octanol–water partition coefficient (Wildman–Crippen LogP) is 0.714. The molecule has 2 N–H and O–H groups in total. The number of benzene rings is 1. The number of nitrogens with one attached hydrogen (secondary N) is 1. The van der Waals surface area contributed by atoms with Crippen LogP contribution < -0.4 is 4.72 Å². The fourth-order valence-electron chi connectivity index (χ4n) is 1.92. The first-order valence-electron chi connectivity index (χ1n) is 5.69. The molecule has 1 aliphatic rings. The molecule has 1 aromatic carbocycles. The van der Waals surface area contributed by atoms with Crippen molar-refractivity contribution in [1.29, 1.82) is 0 Å². The lowest BCUT2D eigenvalue weighted by atomic mass is 9.96. The molecule has 0 aromatic heterocycles. The number of carboxylic acid groups (broad SMARTS) is 1. The number of aliphatic carboxylic acids is 1. The van der Waals surface area contributed by atoms with Crippen molar-refractivity contribution in [1.82, 2.24) is 4.72 Å². The summed E-state index contributed by atoms with van der Waals surface area (Å²) in [5.74, 6) is 1.32. The minimum atomic E-state index is -3.62. The van der Waals surface area contributed by atoms with Crippen LogP contribution in [0.4, 0.5) is 0 Å². The number of hydrogen-bond acceptors (Lipinski definition) is 3. The van der Waals surface area contributed by atoms with Crippen LogP contribution in [0, 0.1) is 12.3 Å². The highest BCUT2D eigenvalue weighted by molar-refractivity contribution is 7.89. The topological polar surface area (TPSA) is 83.5 Å². The molecular weight excluding hydrogens is 266 g/mol. The average Bonchev–Trinajstić information content (AvgIpc) is 3.18. The second kappa shape index (κ2) is 4.68. The highest BCUT2D eigenvalue weighted by Gasteiger charge is 2.51. The van der Waals surface area contributed by atoms with Gasteiger partial charge in [0.2, 0.25) is 10.0 Å². The van der Waals surface area contributed by atoms with Crippen molar-refractivity contribution in [2.75, 3.05) is 6.54 Å². The van der Waals surface area contributed by atoms with E-state index >= 15 is 0 Å². The minimum Gasteiger partial charge on any atom is -0.481 e. The SMILES string of the molecule is C#CCNS(=O)(=O)c1ccc(C2(C(=O)O)CC2)cc1. The Balaban J connectivity index is 2.25. The Morgan fingerprint density at radius 2 is 1.95 bits per heavy atom. The fraction of sp³-hybridized carbons (Fsp3) is 0.308. The van der Waals surface area contributed by atoms with E-state index in [4.69, 9.17) is 11.5 Å².